The minimum absolute atomic E-state index is 0.00109. The molecule has 0 radical (unpaired) electrons. The number of nitrogens with two attached hydrogens (primary N) is 1. The summed E-state index contributed by atoms with van der Waals surface area (Å²) in [6, 6.07) is 0. The smallest absolute Gasteiger partial charge is 0.144 e. The summed E-state index contributed by atoms with van der Waals surface area (Å²) in [6.07, 6.45) is 6.35. The molecule has 0 aromatic heterocycles. The van der Waals surface area contributed by atoms with Crippen molar-refractivity contribution in [2.45, 2.75) is 57.9 Å². The van der Waals surface area contributed by atoms with E-state index in [4.69, 9.17) is 10.9 Å². The molecular formula is C13H27N3O2. The Hall–Kier alpha value is -0.810. The summed E-state index contributed by atoms with van der Waals surface area (Å²) in [6.45, 7) is 5.13. The van der Waals surface area contributed by atoms with E-state index >= 15 is 0 Å². The van der Waals surface area contributed by atoms with Gasteiger partial charge in [-0.2, -0.15) is 0 Å². The summed E-state index contributed by atoms with van der Waals surface area (Å²) < 4.78 is 0. The molecule has 1 rings (SSSR count). The van der Waals surface area contributed by atoms with Crippen LogP contribution < -0.4 is 11.1 Å². The molecule has 1 aliphatic carbocycles. The van der Waals surface area contributed by atoms with Crippen LogP contribution in [0.4, 0.5) is 0 Å². The van der Waals surface area contributed by atoms with Gasteiger partial charge in [-0.1, -0.05) is 25.4 Å². The fraction of sp³-hybridized carbons (Fsp3) is 0.923. The molecule has 0 heterocycles. The second-order valence-corrected chi connectivity index (χ2v) is 6.05. The van der Waals surface area contributed by atoms with E-state index in [1.54, 1.807) is 0 Å². The number of nitrogens with zero attached hydrogens (tertiary/aromatic N) is 1. The number of nitrogens with one attached hydrogen (secondary N) is 1. The van der Waals surface area contributed by atoms with Crippen molar-refractivity contribution in [3.8, 4) is 0 Å². The first kappa shape index (κ1) is 15.2. The van der Waals surface area contributed by atoms with Gasteiger partial charge in [0.05, 0.1) is 6.61 Å². The molecule has 0 spiro atoms. The Morgan fingerprint density at radius 3 is 2.50 bits per heavy atom. The molecule has 18 heavy (non-hydrogen) atoms. The van der Waals surface area contributed by atoms with Crippen LogP contribution in [0.25, 0.3) is 0 Å². The van der Waals surface area contributed by atoms with Crippen molar-refractivity contribution in [2.24, 2.45) is 16.3 Å². The van der Waals surface area contributed by atoms with Crippen LogP contribution in [0.2, 0.25) is 0 Å². The Morgan fingerprint density at radius 1 is 1.39 bits per heavy atom. The maximum absolute atomic E-state index is 9.30. The minimum atomic E-state index is -0.250. The van der Waals surface area contributed by atoms with Crippen molar-refractivity contribution < 1.29 is 10.3 Å². The molecule has 5 nitrogen and oxygen atoms in total. The van der Waals surface area contributed by atoms with Gasteiger partial charge in [-0.25, -0.2) is 0 Å². The molecular weight excluding hydrogens is 230 g/mol. The number of aliphatic hydroxyl groups is 1. The molecule has 1 fully saturated rings. The van der Waals surface area contributed by atoms with E-state index in [-0.39, 0.29) is 17.6 Å². The van der Waals surface area contributed by atoms with E-state index in [0.717, 1.165) is 38.6 Å². The quantitative estimate of drug-likeness (QED) is 0.174. The van der Waals surface area contributed by atoms with Gasteiger partial charge < -0.3 is 21.4 Å². The minimum Gasteiger partial charge on any atom is -0.409 e. The summed E-state index contributed by atoms with van der Waals surface area (Å²) in [5.74, 6) is 0.293. The normalized spacial score (nSPS) is 19.6. The standard InChI is InChI=1S/C13H27N3O2/c1-12(2,11(14)16-18)6-3-4-9-15-13(10-17)7-5-8-13/h15,17-18H,3-10H2,1-2H3,(H2,14,16). The molecule has 0 unspecified atom stereocenters. The van der Waals surface area contributed by atoms with E-state index in [0.29, 0.717) is 5.84 Å². The van der Waals surface area contributed by atoms with Crippen LogP contribution in [0, 0.1) is 5.41 Å². The third-order valence-corrected chi connectivity index (χ3v) is 4.14. The summed E-state index contributed by atoms with van der Waals surface area (Å²) in [4.78, 5) is 0. The summed E-state index contributed by atoms with van der Waals surface area (Å²) in [5.41, 5.74) is 5.39. The maximum atomic E-state index is 9.30. The molecule has 106 valence electrons. The van der Waals surface area contributed by atoms with E-state index in [1.807, 2.05) is 13.8 Å². The van der Waals surface area contributed by atoms with E-state index < -0.39 is 0 Å². The van der Waals surface area contributed by atoms with Crippen LogP contribution in [0.1, 0.15) is 52.4 Å². The van der Waals surface area contributed by atoms with Crippen molar-refractivity contribution in [3.63, 3.8) is 0 Å². The zero-order valence-corrected chi connectivity index (χ0v) is 11.6. The first-order chi connectivity index (χ1) is 8.46. The van der Waals surface area contributed by atoms with Gasteiger partial charge in [-0.3, -0.25) is 0 Å². The lowest BCUT2D eigenvalue weighted by molar-refractivity contribution is 0.0885. The zero-order valence-electron chi connectivity index (χ0n) is 11.6. The summed E-state index contributed by atoms with van der Waals surface area (Å²) >= 11 is 0. The van der Waals surface area contributed by atoms with E-state index in [9.17, 15) is 5.11 Å². The van der Waals surface area contributed by atoms with Crippen LogP contribution in [0.3, 0.4) is 0 Å². The van der Waals surface area contributed by atoms with Crippen LogP contribution in [-0.2, 0) is 0 Å². The molecule has 5 heteroatoms. The van der Waals surface area contributed by atoms with Crippen molar-refractivity contribution in [2.75, 3.05) is 13.2 Å². The van der Waals surface area contributed by atoms with Gasteiger partial charge in [0.1, 0.15) is 5.84 Å². The highest BCUT2D eigenvalue weighted by atomic mass is 16.4. The van der Waals surface area contributed by atoms with Gasteiger partial charge in [0, 0.05) is 11.0 Å². The lowest BCUT2D eigenvalue weighted by Crippen LogP contribution is -2.54. The molecule has 1 aliphatic rings. The largest absolute Gasteiger partial charge is 0.409 e. The molecule has 0 saturated heterocycles. The third-order valence-electron chi connectivity index (χ3n) is 4.14. The first-order valence-corrected chi connectivity index (χ1v) is 6.80. The van der Waals surface area contributed by atoms with Crippen molar-refractivity contribution in [1.29, 1.82) is 0 Å². The average Bonchev–Trinajstić information content (AvgIpc) is 2.30. The first-order valence-electron chi connectivity index (χ1n) is 6.80. The van der Waals surface area contributed by atoms with E-state index in [1.165, 1.54) is 6.42 Å². The Bertz CT molecular complexity index is 280. The second kappa shape index (κ2) is 6.38. The maximum Gasteiger partial charge on any atom is 0.144 e. The molecule has 0 aliphatic heterocycles. The topological polar surface area (TPSA) is 90.9 Å². The number of oxime groups is 1. The number of amidine groups is 1. The molecule has 0 atom stereocenters. The lowest BCUT2D eigenvalue weighted by Gasteiger charge is -2.41. The van der Waals surface area contributed by atoms with Crippen LogP contribution in [-0.4, -0.2) is 34.8 Å². The number of hydrogen-bond acceptors (Lipinski definition) is 4. The molecule has 0 amide bonds. The molecule has 0 aromatic rings. The molecule has 0 bridgehead atoms. The fourth-order valence-corrected chi connectivity index (χ4v) is 2.30. The second-order valence-electron chi connectivity index (χ2n) is 6.05. The Kier molecular flexibility index (Phi) is 5.41. The molecule has 0 aromatic carbocycles. The summed E-state index contributed by atoms with van der Waals surface area (Å²) in [7, 11) is 0. The van der Waals surface area contributed by atoms with Crippen molar-refractivity contribution in [1.82, 2.24) is 5.32 Å². The van der Waals surface area contributed by atoms with Crippen molar-refractivity contribution in [3.05, 3.63) is 0 Å². The molecule has 5 N–H and O–H groups in total. The highest BCUT2D eigenvalue weighted by Gasteiger charge is 2.35. The zero-order chi connectivity index (χ0) is 13.6. The third kappa shape index (κ3) is 3.85. The monoisotopic (exact) mass is 257 g/mol. The predicted molar refractivity (Wildman–Crippen MR) is 72.7 cm³/mol. The van der Waals surface area contributed by atoms with Gasteiger partial charge in [-0.15, -0.1) is 0 Å². The Morgan fingerprint density at radius 2 is 2.06 bits per heavy atom. The average molecular weight is 257 g/mol. The highest BCUT2D eigenvalue weighted by Crippen LogP contribution is 2.31. The van der Waals surface area contributed by atoms with Crippen molar-refractivity contribution >= 4 is 5.84 Å². The number of rotatable bonds is 8. The van der Waals surface area contributed by atoms with Crippen LogP contribution >= 0.6 is 0 Å². The van der Waals surface area contributed by atoms with Gasteiger partial charge >= 0.3 is 0 Å². The summed E-state index contributed by atoms with van der Waals surface area (Å²) in [5, 5.41) is 24.5. The fourth-order valence-electron chi connectivity index (χ4n) is 2.30. The Balaban J connectivity index is 2.15. The van der Waals surface area contributed by atoms with E-state index in [2.05, 4.69) is 10.5 Å². The number of unbranched alkanes of at least 4 members (excludes halogenated alkanes) is 1. The number of aliphatic hydroxyl groups excluding tert-OH is 1. The van der Waals surface area contributed by atoms with Gasteiger partial charge in [-0.05, 0) is 38.6 Å². The van der Waals surface area contributed by atoms with Crippen LogP contribution in [0.15, 0.2) is 5.16 Å². The highest BCUT2D eigenvalue weighted by molar-refractivity contribution is 5.85. The Labute approximate surface area is 109 Å². The van der Waals surface area contributed by atoms with Gasteiger partial charge in [0.2, 0.25) is 0 Å². The SMILES string of the molecule is CC(C)(CCCCNC1(CO)CCC1)C(N)=NO. The van der Waals surface area contributed by atoms with Gasteiger partial charge in [0.25, 0.3) is 0 Å². The van der Waals surface area contributed by atoms with Gasteiger partial charge in [0.15, 0.2) is 0 Å². The van der Waals surface area contributed by atoms with Crippen LogP contribution in [0.5, 0.6) is 0 Å². The molecule has 1 saturated carbocycles. The number of hydrogen-bond donors (Lipinski definition) is 4. The lowest BCUT2D eigenvalue weighted by atomic mass is 9.77. The predicted octanol–water partition coefficient (Wildman–Crippen LogP) is 1.43.